The number of aryl methyl sites for hydroxylation is 2. The minimum Gasteiger partial charge on any atom is -0.462 e. The van der Waals surface area contributed by atoms with E-state index in [1.807, 2.05) is 18.2 Å². The number of H-pyrrole nitrogens is 1. The average molecular weight is 397 g/mol. The van der Waals surface area contributed by atoms with E-state index in [2.05, 4.69) is 9.71 Å². The van der Waals surface area contributed by atoms with Crippen LogP contribution in [0, 0.1) is 6.92 Å². The van der Waals surface area contributed by atoms with E-state index in [0.717, 1.165) is 17.5 Å². The van der Waals surface area contributed by atoms with Gasteiger partial charge in [-0.1, -0.05) is 17.7 Å². The zero-order valence-corrected chi connectivity index (χ0v) is 16.2. The molecule has 8 heteroatoms. The maximum absolute atomic E-state index is 12.7. The number of benzene rings is 1. The molecule has 0 unspecified atom stereocenters. The van der Waals surface area contributed by atoms with Gasteiger partial charge in [0.2, 0.25) is 0 Å². The molecule has 0 bridgehead atoms. The quantitative estimate of drug-likeness (QED) is 0.760. The van der Waals surface area contributed by atoms with E-state index in [1.165, 1.54) is 6.07 Å². The molecule has 26 heavy (non-hydrogen) atoms. The van der Waals surface area contributed by atoms with Crippen LogP contribution < -0.4 is 4.72 Å². The number of carbonyl (C=O) groups excluding carboxylic acids is 1. The fraction of sp³-hybridized carbons (Fsp3) is 0.389. The van der Waals surface area contributed by atoms with Gasteiger partial charge >= 0.3 is 5.97 Å². The first kappa shape index (κ1) is 18.9. The van der Waals surface area contributed by atoms with Crippen molar-refractivity contribution in [2.75, 3.05) is 6.61 Å². The summed E-state index contributed by atoms with van der Waals surface area (Å²) in [7, 11) is -3.76. The highest BCUT2D eigenvalue weighted by Gasteiger charge is 2.27. The number of fused-ring (bicyclic) bond motifs is 1. The molecule has 0 saturated heterocycles. The van der Waals surface area contributed by atoms with Crippen molar-refractivity contribution in [2.24, 2.45) is 0 Å². The van der Waals surface area contributed by atoms with Crippen LogP contribution in [-0.4, -0.2) is 32.0 Å². The van der Waals surface area contributed by atoms with Crippen molar-refractivity contribution in [1.29, 1.82) is 0 Å². The zero-order chi connectivity index (χ0) is 18.9. The number of sulfonamides is 1. The predicted molar refractivity (Wildman–Crippen MR) is 99.1 cm³/mol. The van der Waals surface area contributed by atoms with Crippen molar-refractivity contribution in [3.05, 3.63) is 51.7 Å². The lowest BCUT2D eigenvalue weighted by Gasteiger charge is -2.25. The van der Waals surface area contributed by atoms with Crippen LogP contribution in [0.3, 0.4) is 0 Å². The Kier molecular flexibility index (Phi) is 5.41. The molecule has 6 nitrogen and oxygen atoms in total. The second-order valence-corrected chi connectivity index (χ2v) is 8.49. The number of hydrogen-bond acceptors (Lipinski definition) is 4. The third-order valence-corrected chi connectivity index (χ3v) is 6.17. The second kappa shape index (κ2) is 7.42. The molecule has 2 aromatic rings. The van der Waals surface area contributed by atoms with Crippen LogP contribution in [0.25, 0.3) is 0 Å². The number of aromatic nitrogens is 1. The minimum atomic E-state index is -3.76. The molecular formula is C18H21ClN2O4S. The Morgan fingerprint density at radius 1 is 1.35 bits per heavy atom. The molecule has 2 N–H and O–H groups in total. The van der Waals surface area contributed by atoms with Crippen LogP contribution in [0.15, 0.2) is 29.3 Å². The summed E-state index contributed by atoms with van der Waals surface area (Å²) in [6.07, 6.45) is 2.06. The standard InChI is InChI=1S/C18H21ClN2O4S/c1-3-25-18(22)16-10-17(20-11(16)2)26(23,24)21-15-7-5-12-8-14(19)6-4-13(12)9-15/h4,6,8,10,15,20-21H,3,5,7,9H2,1-2H3/t15-/m1/s1. The number of rotatable bonds is 5. The highest BCUT2D eigenvalue weighted by Crippen LogP contribution is 2.26. The lowest BCUT2D eigenvalue weighted by atomic mass is 9.89. The van der Waals surface area contributed by atoms with E-state index < -0.39 is 16.0 Å². The zero-order valence-electron chi connectivity index (χ0n) is 14.6. The Morgan fingerprint density at radius 2 is 2.12 bits per heavy atom. The van der Waals surface area contributed by atoms with Gasteiger partial charge in [0.1, 0.15) is 5.03 Å². The second-order valence-electron chi connectivity index (χ2n) is 6.37. The number of aromatic amines is 1. The van der Waals surface area contributed by atoms with E-state index in [9.17, 15) is 13.2 Å². The van der Waals surface area contributed by atoms with Gasteiger partial charge in [-0.25, -0.2) is 17.9 Å². The molecular weight excluding hydrogens is 376 g/mol. The fourth-order valence-electron chi connectivity index (χ4n) is 3.20. The van der Waals surface area contributed by atoms with Gasteiger partial charge in [-0.05, 0) is 62.4 Å². The average Bonchev–Trinajstić information content (AvgIpc) is 2.98. The summed E-state index contributed by atoms with van der Waals surface area (Å²) in [6, 6.07) is 6.81. The lowest BCUT2D eigenvalue weighted by molar-refractivity contribution is 0.0525. The lowest BCUT2D eigenvalue weighted by Crippen LogP contribution is -2.38. The van der Waals surface area contributed by atoms with Crippen LogP contribution >= 0.6 is 11.6 Å². The molecule has 0 saturated carbocycles. The summed E-state index contributed by atoms with van der Waals surface area (Å²) < 4.78 is 33.1. The smallest absolute Gasteiger partial charge is 0.339 e. The Morgan fingerprint density at radius 3 is 2.85 bits per heavy atom. The topological polar surface area (TPSA) is 88.3 Å². The normalized spacial score (nSPS) is 17.0. The van der Waals surface area contributed by atoms with E-state index in [0.29, 0.717) is 23.6 Å². The molecule has 1 aromatic heterocycles. The Balaban J connectivity index is 1.77. The molecule has 1 aliphatic rings. The number of nitrogens with one attached hydrogen (secondary N) is 2. The number of hydrogen-bond donors (Lipinski definition) is 2. The number of carbonyl (C=O) groups is 1. The van der Waals surface area contributed by atoms with Crippen molar-refractivity contribution >= 4 is 27.6 Å². The molecule has 0 amide bonds. The predicted octanol–water partition coefficient (Wildman–Crippen LogP) is 2.99. The van der Waals surface area contributed by atoms with Crippen LogP contribution in [0.5, 0.6) is 0 Å². The van der Waals surface area contributed by atoms with Crippen molar-refractivity contribution in [3.63, 3.8) is 0 Å². The molecule has 0 aliphatic heterocycles. The van der Waals surface area contributed by atoms with Crippen LogP contribution in [0.2, 0.25) is 5.02 Å². The molecule has 1 heterocycles. The van der Waals surface area contributed by atoms with Gasteiger partial charge in [0.25, 0.3) is 10.0 Å². The fourth-order valence-corrected chi connectivity index (χ4v) is 4.72. The van der Waals surface area contributed by atoms with Gasteiger partial charge in [0.05, 0.1) is 12.2 Å². The van der Waals surface area contributed by atoms with Crippen molar-refractivity contribution < 1.29 is 17.9 Å². The SMILES string of the molecule is CCOC(=O)c1cc(S(=O)(=O)N[C@@H]2CCc3cc(Cl)ccc3C2)[nH]c1C. The maximum atomic E-state index is 12.7. The molecule has 1 atom stereocenters. The number of esters is 1. The Hall–Kier alpha value is -1.83. The molecule has 0 fully saturated rings. The summed E-state index contributed by atoms with van der Waals surface area (Å²) >= 11 is 6.01. The highest BCUT2D eigenvalue weighted by molar-refractivity contribution is 7.89. The van der Waals surface area contributed by atoms with E-state index in [4.69, 9.17) is 16.3 Å². The summed E-state index contributed by atoms with van der Waals surface area (Å²) in [5.74, 6) is -0.536. The largest absolute Gasteiger partial charge is 0.462 e. The maximum Gasteiger partial charge on any atom is 0.339 e. The molecule has 0 radical (unpaired) electrons. The van der Waals surface area contributed by atoms with Crippen LogP contribution in [0.4, 0.5) is 0 Å². The number of ether oxygens (including phenoxy) is 1. The van der Waals surface area contributed by atoms with Gasteiger partial charge in [0, 0.05) is 16.8 Å². The summed E-state index contributed by atoms with van der Waals surface area (Å²) in [5.41, 5.74) is 2.96. The number of halogens is 1. The third kappa shape index (κ3) is 3.95. The van der Waals surface area contributed by atoms with Crippen molar-refractivity contribution in [2.45, 2.75) is 44.2 Å². The van der Waals surface area contributed by atoms with Crippen molar-refractivity contribution in [1.82, 2.24) is 9.71 Å². The van der Waals surface area contributed by atoms with E-state index in [1.54, 1.807) is 13.8 Å². The third-order valence-electron chi connectivity index (χ3n) is 4.49. The Bertz CT molecular complexity index is 937. The minimum absolute atomic E-state index is 0.0278. The van der Waals surface area contributed by atoms with E-state index >= 15 is 0 Å². The Labute approximate surface area is 158 Å². The van der Waals surface area contributed by atoms with Crippen LogP contribution in [-0.2, 0) is 27.6 Å². The first-order valence-corrected chi connectivity index (χ1v) is 10.3. The monoisotopic (exact) mass is 396 g/mol. The molecule has 0 spiro atoms. The summed E-state index contributed by atoms with van der Waals surface area (Å²) in [4.78, 5) is 14.7. The van der Waals surface area contributed by atoms with Gasteiger partial charge in [-0.3, -0.25) is 0 Å². The van der Waals surface area contributed by atoms with Gasteiger partial charge in [0.15, 0.2) is 0 Å². The molecule has 1 aromatic carbocycles. The first-order valence-electron chi connectivity index (χ1n) is 8.46. The van der Waals surface area contributed by atoms with E-state index in [-0.39, 0.29) is 23.2 Å². The van der Waals surface area contributed by atoms with Crippen LogP contribution in [0.1, 0.15) is 40.5 Å². The van der Waals surface area contributed by atoms with Crippen molar-refractivity contribution in [3.8, 4) is 0 Å². The van der Waals surface area contributed by atoms with Gasteiger partial charge < -0.3 is 9.72 Å². The van der Waals surface area contributed by atoms with Gasteiger partial charge in [-0.2, -0.15) is 0 Å². The van der Waals surface area contributed by atoms with Gasteiger partial charge in [-0.15, -0.1) is 0 Å². The molecule has 140 valence electrons. The summed E-state index contributed by atoms with van der Waals surface area (Å²) in [5, 5.41) is 0.663. The molecule has 3 rings (SSSR count). The molecule has 1 aliphatic carbocycles. The summed E-state index contributed by atoms with van der Waals surface area (Å²) in [6.45, 7) is 3.58. The first-order chi connectivity index (χ1) is 12.3. The highest BCUT2D eigenvalue weighted by atomic mass is 35.5.